The van der Waals surface area contributed by atoms with E-state index in [9.17, 15) is 4.79 Å². The highest BCUT2D eigenvalue weighted by Gasteiger charge is 2.14. The maximum absolute atomic E-state index is 12.3. The highest BCUT2D eigenvalue weighted by molar-refractivity contribution is 5.92. The summed E-state index contributed by atoms with van der Waals surface area (Å²) in [5.74, 6) is 0.575. The Morgan fingerprint density at radius 1 is 1.00 bits per heavy atom. The third-order valence-corrected chi connectivity index (χ3v) is 3.81. The second-order valence-electron chi connectivity index (χ2n) is 5.62. The first kappa shape index (κ1) is 15.3. The van der Waals surface area contributed by atoms with E-state index in [-0.39, 0.29) is 5.91 Å². The number of aryl methyl sites for hydroxylation is 1. The molecule has 2 heteroatoms. The van der Waals surface area contributed by atoms with Gasteiger partial charge in [-0.3, -0.25) is 4.79 Å². The molecule has 21 heavy (non-hydrogen) atoms. The van der Waals surface area contributed by atoms with E-state index in [1.54, 1.807) is 4.90 Å². The SMILES string of the molecule is CC(CCc1ccccc1)CC(=O)N(C)c1ccccc1. The molecule has 0 aliphatic carbocycles. The first-order chi connectivity index (χ1) is 10.2. The summed E-state index contributed by atoms with van der Waals surface area (Å²) in [6.07, 6.45) is 2.67. The summed E-state index contributed by atoms with van der Waals surface area (Å²) in [5.41, 5.74) is 2.30. The number of rotatable bonds is 6. The van der Waals surface area contributed by atoms with Crippen LogP contribution in [-0.4, -0.2) is 13.0 Å². The smallest absolute Gasteiger partial charge is 0.226 e. The summed E-state index contributed by atoms with van der Waals surface area (Å²) >= 11 is 0. The van der Waals surface area contributed by atoms with Gasteiger partial charge >= 0.3 is 0 Å². The average molecular weight is 281 g/mol. The van der Waals surface area contributed by atoms with Crippen molar-refractivity contribution in [2.75, 3.05) is 11.9 Å². The molecule has 2 nitrogen and oxygen atoms in total. The lowest BCUT2D eigenvalue weighted by Gasteiger charge is -2.19. The fraction of sp³-hybridized carbons (Fsp3) is 0.316. The Morgan fingerprint density at radius 3 is 2.19 bits per heavy atom. The molecule has 0 aliphatic heterocycles. The van der Waals surface area contributed by atoms with Gasteiger partial charge in [-0.05, 0) is 36.5 Å². The summed E-state index contributed by atoms with van der Waals surface area (Å²) in [7, 11) is 1.85. The lowest BCUT2D eigenvalue weighted by Crippen LogP contribution is -2.27. The highest BCUT2D eigenvalue weighted by atomic mass is 16.2. The fourth-order valence-electron chi connectivity index (χ4n) is 2.39. The first-order valence-electron chi connectivity index (χ1n) is 7.52. The van der Waals surface area contributed by atoms with E-state index in [4.69, 9.17) is 0 Å². The summed E-state index contributed by atoms with van der Waals surface area (Å²) in [5, 5.41) is 0. The molecule has 0 saturated heterocycles. The molecular weight excluding hydrogens is 258 g/mol. The number of carbonyl (C=O) groups is 1. The highest BCUT2D eigenvalue weighted by Crippen LogP contribution is 2.17. The van der Waals surface area contributed by atoms with Crippen LogP contribution in [-0.2, 0) is 11.2 Å². The second-order valence-corrected chi connectivity index (χ2v) is 5.62. The number of para-hydroxylation sites is 1. The van der Waals surface area contributed by atoms with Gasteiger partial charge in [0, 0.05) is 19.2 Å². The minimum Gasteiger partial charge on any atom is -0.315 e. The summed E-state index contributed by atoms with van der Waals surface area (Å²) in [6, 6.07) is 20.3. The predicted octanol–water partition coefficient (Wildman–Crippen LogP) is 4.31. The molecule has 0 fully saturated rings. The van der Waals surface area contributed by atoms with Crippen molar-refractivity contribution in [1.29, 1.82) is 0 Å². The summed E-state index contributed by atoms with van der Waals surface area (Å²) in [6.45, 7) is 2.15. The molecule has 0 N–H and O–H groups in total. The molecular formula is C19H23NO. The molecule has 2 aromatic carbocycles. The van der Waals surface area contributed by atoms with Crippen molar-refractivity contribution in [3.05, 3.63) is 66.2 Å². The van der Waals surface area contributed by atoms with E-state index >= 15 is 0 Å². The van der Waals surface area contributed by atoms with Gasteiger partial charge in [-0.15, -0.1) is 0 Å². The van der Waals surface area contributed by atoms with Crippen LogP contribution >= 0.6 is 0 Å². The van der Waals surface area contributed by atoms with Crippen LogP contribution in [0.3, 0.4) is 0 Å². The van der Waals surface area contributed by atoms with Crippen molar-refractivity contribution >= 4 is 11.6 Å². The van der Waals surface area contributed by atoms with Gasteiger partial charge < -0.3 is 4.90 Å². The average Bonchev–Trinajstić information content (AvgIpc) is 2.54. The monoisotopic (exact) mass is 281 g/mol. The van der Waals surface area contributed by atoms with Crippen LogP contribution < -0.4 is 4.90 Å². The summed E-state index contributed by atoms with van der Waals surface area (Å²) in [4.78, 5) is 14.0. The number of amides is 1. The predicted molar refractivity (Wildman–Crippen MR) is 88.4 cm³/mol. The maximum atomic E-state index is 12.3. The Morgan fingerprint density at radius 2 is 1.57 bits per heavy atom. The molecule has 0 bridgehead atoms. The topological polar surface area (TPSA) is 20.3 Å². The number of carbonyl (C=O) groups excluding carboxylic acids is 1. The molecule has 0 radical (unpaired) electrons. The van der Waals surface area contributed by atoms with Crippen molar-refractivity contribution < 1.29 is 4.79 Å². The van der Waals surface area contributed by atoms with Gasteiger partial charge in [0.2, 0.25) is 5.91 Å². The van der Waals surface area contributed by atoms with Gasteiger partial charge in [0.05, 0.1) is 0 Å². The van der Waals surface area contributed by atoms with Gasteiger partial charge in [0.1, 0.15) is 0 Å². The van der Waals surface area contributed by atoms with Gasteiger partial charge in [-0.25, -0.2) is 0 Å². The number of benzene rings is 2. The third kappa shape index (κ3) is 4.75. The molecule has 2 aromatic rings. The zero-order valence-corrected chi connectivity index (χ0v) is 12.8. The van der Waals surface area contributed by atoms with Crippen molar-refractivity contribution in [2.45, 2.75) is 26.2 Å². The lowest BCUT2D eigenvalue weighted by atomic mass is 9.97. The van der Waals surface area contributed by atoms with E-state index in [0.717, 1.165) is 18.5 Å². The van der Waals surface area contributed by atoms with Crippen molar-refractivity contribution in [3.63, 3.8) is 0 Å². The largest absolute Gasteiger partial charge is 0.315 e. The van der Waals surface area contributed by atoms with E-state index in [1.807, 2.05) is 43.4 Å². The molecule has 110 valence electrons. The Hall–Kier alpha value is -2.09. The maximum Gasteiger partial charge on any atom is 0.226 e. The van der Waals surface area contributed by atoms with Crippen LogP contribution in [0.15, 0.2) is 60.7 Å². The Balaban J connectivity index is 1.82. The molecule has 0 spiro atoms. The molecule has 0 heterocycles. The third-order valence-electron chi connectivity index (χ3n) is 3.81. The minimum atomic E-state index is 0.182. The van der Waals surface area contributed by atoms with Crippen molar-refractivity contribution in [2.24, 2.45) is 5.92 Å². The number of hydrogen-bond acceptors (Lipinski definition) is 1. The van der Waals surface area contributed by atoms with E-state index in [2.05, 4.69) is 31.2 Å². The quantitative estimate of drug-likeness (QED) is 0.772. The van der Waals surface area contributed by atoms with E-state index in [0.29, 0.717) is 12.3 Å². The zero-order valence-electron chi connectivity index (χ0n) is 12.8. The molecule has 0 saturated carbocycles. The minimum absolute atomic E-state index is 0.182. The molecule has 1 unspecified atom stereocenters. The molecule has 0 aliphatic rings. The normalized spacial score (nSPS) is 11.9. The van der Waals surface area contributed by atoms with Gasteiger partial charge in [-0.2, -0.15) is 0 Å². The van der Waals surface area contributed by atoms with Crippen LogP contribution in [0.5, 0.6) is 0 Å². The fourth-order valence-corrected chi connectivity index (χ4v) is 2.39. The number of nitrogens with zero attached hydrogens (tertiary/aromatic N) is 1. The van der Waals surface area contributed by atoms with Gasteiger partial charge in [-0.1, -0.05) is 55.5 Å². The number of hydrogen-bond donors (Lipinski definition) is 0. The standard InChI is InChI=1S/C19H23NO/c1-16(13-14-17-9-5-3-6-10-17)15-19(21)20(2)18-11-7-4-8-12-18/h3-12,16H,13-15H2,1-2H3. The number of anilines is 1. The van der Waals surface area contributed by atoms with Crippen LogP contribution in [0.25, 0.3) is 0 Å². The Bertz CT molecular complexity index is 550. The first-order valence-corrected chi connectivity index (χ1v) is 7.52. The molecule has 0 aromatic heterocycles. The van der Waals surface area contributed by atoms with Crippen LogP contribution in [0, 0.1) is 5.92 Å². The van der Waals surface area contributed by atoms with Crippen LogP contribution in [0.4, 0.5) is 5.69 Å². The Kier molecular flexibility index (Phi) is 5.56. The van der Waals surface area contributed by atoms with E-state index in [1.165, 1.54) is 5.56 Å². The van der Waals surface area contributed by atoms with Crippen LogP contribution in [0.1, 0.15) is 25.3 Å². The molecule has 1 atom stereocenters. The van der Waals surface area contributed by atoms with Crippen molar-refractivity contribution in [3.8, 4) is 0 Å². The Labute approximate surface area is 127 Å². The van der Waals surface area contributed by atoms with Gasteiger partial charge in [0.15, 0.2) is 0 Å². The zero-order chi connectivity index (χ0) is 15.1. The molecule has 1 amide bonds. The van der Waals surface area contributed by atoms with Crippen molar-refractivity contribution in [1.82, 2.24) is 0 Å². The van der Waals surface area contributed by atoms with Gasteiger partial charge in [0.25, 0.3) is 0 Å². The lowest BCUT2D eigenvalue weighted by molar-refractivity contribution is -0.119. The second kappa shape index (κ2) is 7.63. The van der Waals surface area contributed by atoms with E-state index < -0.39 is 0 Å². The van der Waals surface area contributed by atoms with Crippen LogP contribution in [0.2, 0.25) is 0 Å². The molecule has 2 rings (SSSR count). The summed E-state index contributed by atoms with van der Waals surface area (Å²) < 4.78 is 0.